The Kier molecular flexibility index (Phi) is 5.61. The van der Waals surface area contributed by atoms with Crippen molar-refractivity contribution in [1.29, 1.82) is 0 Å². The van der Waals surface area contributed by atoms with Gasteiger partial charge in [-0.1, -0.05) is 31.0 Å². The number of anilines is 1. The number of rotatable bonds is 4. The number of benzene rings is 1. The van der Waals surface area contributed by atoms with Crippen LogP contribution in [0, 0.1) is 5.82 Å². The van der Waals surface area contributed by atoms with Crippen molar-refractivity contribution in [2.24, 2.45) is 0 Å². The summed E-state index contributed by atoms with van der Waals surface area (Å²) in [4.78, 5) is 28.1. The number of carbonyl (C=O) groups excluding carboxylic acids is 1. The van der Waals surface area contributed by atoms with Gasteiger partial charge in [0.05, 0.1) is 17.2 Å². The Morgan fingerprint density at radius 3 is 2.69 bits per heavy atom. The summed E-state index contributed by atoms with van der Waals surface area (Å²) in [5, 5.41) is 3.25. The molecule has 2 fully saturated rings. The number of likely N-dealkylation sites (tertiary alicyclic amines) is 1. The summed E-state index contributed by atoms with van der Waals surface area (Å²) >= 11 is 0. The van der Waals surface area contributed by atoms with E-state index in [0.29, 0.717) is 24.9 Å². The fourth-order valence-electron chi connectivity index (χ4n) is 5.92. The van der Waals surface area contributed by atoms with Crippen molar-refractivity contribution in [3.8, 4) is 0 Å². The average molecular weight is 438 g/mol. The standard InChI is InChI=1S/C25H32FN5O/c1-27-22-17-11-15-30(2)16-20(17)28-23(29-22)21-10-7-14-31(21)24(32)25(12-5-6-13-25)18-8-3-4-9-19(18)26/h3-4,8-9,21H,5-7,10-16H2,1-2H3,(H,27,28,29)/t21-/m1/s1. The molecule has 1 aromatic heterocycles. The number of nitrogens with one attached hydrogen (secondary N) is 1. The number of likely N-dealkylation sites (N-methyl/N-ethyl adjacent to an activating group) is 1. The maximum absolute atomic E-state index is 14.9. The molecule has 2 aromatic rings. The number of amides is 1. The molecule has 32 heavy (non-hydrogen) atoms. The van der Waals surface area contributed by atoms with Crippen LogP contribution in [-0.2, 0) is 23.2 Å². The fraction of sp³-hybridized carbons (Fsp3) is 0.560. The Balaban J connectivity index is 1.52. The van der Waals surface area contributed by atoms with Gasteiger partial charge < -0.3 is 15.1 Å². The Labute approximate surface area is 189 Å². The molecular weight excluding hydrogens is 405 g/mol. The Morgan fingerprint density at radius 2 is 1.94 bits per heavy atom. The van der Waals surface area contributed by atoms with E-state index in [9.17, 15) is 9.18 Å². The van der Waals surface area contributed by atoms with E-state index in [-0.39, 0.29) is 17.8 Å². The normalized spacial score (nSPS) is 22.7. The summed E-state index contributed by atoms with van der Waals surface area (Å²) in [6.45, 7) is 2.46. The van der Waals surface area contributed by atoms with Gasteiger partial charge in [-0.25, -0.2) is 14.4 Å². The first-order valence-electron chi connectivity index (χ1n) is 11.9. The van der Waals surface area contributed by atoms with E-state index in [2.05, 4.69) is 17.3 Å². The van der Waals surface area contributed by atoms with Gasteiger partial charge in [-0.3, -0.25) is 4.79 Å². The van der Waals surface area contributed by atoms with Gasteiger partial charge in [-0.05, 0) is 45.2 Å². The van der Waals surface area contributed by atoms with Gasteiger partial charge in [0.1, 0.15) is 11.6 Å². The van der Waals surface area contributed by atoms with Crippen LogP contribution in [0.1, 0.15) is 67.2 Å². The number of fused-ring (bicyclic) bond motifs is 1. The van der Waals surface area contributed by atoms with E-state index in [1.54, 1.807) is 12.1 Å². The van der Waals surface area contributed by atoms with Crippen LogP contribution in [0.5, 0.6) is 0 Å². The van der Waals surface area contributed by atoms with E-state index >= 15 is 0 Å². The molecular formula is C25H32FN5O. The molecule has 0 radical (unpaired) electrons. The van der Waals surface area contributed by atoms with Crippen molar-refractivity contribution >= 4 is 11.7 Å². The second-order valence-electron chi connectivity index (χ2n) is 9.52. The molecule has 1 atom stereocenters. The van der Waals surface area contributed by atoms with E-state index < -0.39 is 5.41 Å². The maximum Gasteiger partial charge on any atom is 0.233 e. The molecule has 1 amide bonds. The highest BCUT2D eigenvalue weighted by molar-refractivity contribution is 5.89. The van der Waals surface area contributed by atoms with Gasteiger partial charge in [-0.2, -0.15) is 0 Å². The number of nitrogens with zero attached hydrogens (tertiary/aromatic N) is 4. The lowest BCUT2D eigenvalue weighted by atomic mass is 9.77. The molecule has 0 unspecified atom stereocenters. The molecule has 6 nitrogen and oxygen atoms in total. The second-order valence-corrected chi connectivity index (χ2v) is 9.52. The third kappa shape index (κ3) is 3.47. The lowest BCUT2D eigenvalue weighted by Crippen LogP contribution is -2.46. The van der Waals surface area contributed by atoms with Gasteiger partial charge in [0, 0.05) is 37.8 Å². The van der Waals surface area contributed by atoms with Crippen LogP contribution in [0.3, 0.4) is 0 Å². The molecule has 1 N–H and O–H groups in total. The summed E-state index contributed by atoms with van der Waals surface area (Å²) in [6.07, 6.45) is 5.98. The smallest absolute Gasteiger partial charge is 0.233 e. The molecule has 1 saturated carbocycles. The molecule has 0 bridgehead atoms. The molecule has 2 aliphatic heterocycles. The molecule has 3 heterocycles. The third-order valence-electron chi connectivity index (χ3n) is 7.58. The van der Waals surface area contributed by atoms with E-state index in [1.165, 1.54) is 11.6 Å². The van der Waals surface area contributed by atoms with Crippen molar-refractivity contribution < 1.29 is 9.18 Å². The molecule has 7 heteroatoms. The van der Waals surface area contributed by atoms with Crippen LogP contribution in [0.4, 0.5) is 10.2 Å². The van der Waals surface area contributed by atoms with Crippen LogP contribution in [0.15, 0.2) is 24.3 Å². The largest absolute Gasteiger partial charge is 0.373 e. The van der Waals surface area contributed by atoms with Crippen molar-refractivity contribution in [2.45, 2.75) is 62.9 Å². The fourth-order valence-corrected chi connectivity index (χ4v) is 5.92. The highest BCUT2D eigenvalue weighted by Gasteiger charge is 2.49. The summed E-state index contributed by atoms with van der Waals surface area (Å²) in [7, 11) is 4.00. The van der Waals surface area contributed by atoms with Crippen molar-refractivity contribution in [2.75, 3.05) is 32.5 Å². The minimum absolute atomic E-state index is 0.0482. The Morgan fingerprint density at radius 1 is 1.16 bits per heavy atom. The molecule has 1 aliphatic carbocycles. The van der Waals surface area contributed by atoms with Gasteiger partial charge >= 0.3 is 0 Å². The first kappa shape index (κ1) is 21.3. The maximum atomic E-state index is 14.9. The number of hydrogen-bond donors (Lipinski definition) is 1. The van der Waals surface area contributed by atoms with Crippen LogP contribution >= 0.6 is 0 Å². The SMILES string of the molecule is CNc1nc([C@H]2CCCN2C(=O)C2(c3ccccc3F)CCCC2)nc2c1CCN(C)C2. The summed E-state index contributed by atoms with van der Waals surface area (Å²) < 4.78 is 14.9. The second kappa shape index (κ2) is 8.43. The van der Waals surface area contributed by atoms with Crippen LogP contribution < -0.4 is 5.32 Å². The van der Waals surface area contributed by atoms with E-state index in [0.717, 1.165) is 62.5 Å². The van der Waals surface area contributed by atoms with Gasteiger partial charge in [-0.15, -0.1) is 0 Å². The van der Waals surface area contributed by atoms with E-state index in [4.69, 9.17) is 9.97 Å². The molecule has 1 saturated heterocycles. The van der Waals surface area contributed by atoms with Crippen LogP contribution in [0.2, 0.25) is 0 Å². The summed E-state index contributed by atoms with van der Waals surface area (Å²) in [5.74, 6) is 1.37. The Hall–Kier alpha value is -2.54. The molecule has 0 spiro atoms. The number of halogens is 1. The zero-order chi connectivity index (χ0) is 22.3. The zero-order valence-corrected chi connectivity index (χ0v) is 19.0. The predicted molar refractivity (Wildman–Crippen MR) is 122 cm³/mol. The summed E-state index contributed by atoms with van der Waals surface area (Å²) in [6, 6.07) is 6.66. The highest BCUT2D eigenvalue weighted by Crippen LogP contribution is 2.46. The van der Waals surface area contributed by atoms with Crippen molar-refractivity contribution in [3.05, 3.63) is 52.7 Å². The first-order chi connectivity index (χ1) is 15.5. The van der Waals surface area contributed by atoms with E-state index in [1.807, 2.05) is 18.0 Å². The van der Waals surface area contributed by atoms with Crippen LogP contribution in [-0.4, -0.2) is 52.9 Å². The van der Waals surface area contributed by atoms with Gasteiger partial charge in [0.2, 0.25) is 5.91 Å². The zero-order valence-electron chi connectivity index (χ0n) is 19.0. The number of hydrogen-bond acceptors (Lipinski definition) is 5. The average Bonchev–Trinajstić information content (AvgIpc) is 3.48. The quantitative estimate of drug-likeness (QED) is 0.788. The van der Waals surface area contributed by atoms with Crippen molar-refractivity contribution in [1.82, 2.24) is 19.8 Å². The van der Waals surface area contributed by atoms with Gasteiger partial charge in [0.25, 0.3) is 0 Å². The molecule has 170 valence electrons. The number of carbonyl (C=O) groups is 1. The first-order valence-corrected chi connectivity index (χ1v) is 11.9. The lowest BCUT2D eigenvalue weighted by molar-refractivity contribution is -0.138. The predicted octanol–water partition coefficient (Wildman–Crippen LogP) is 3.82. The summed E-state index contributed by atoms with van der Waals surface area (Å²) in [5.41, 5.74) is 2.02. The van der Waals surface area contributed by atoms with Gasteiger partial charge in [0.15, 0.2) is 5.82 Å². The minimum atomic E-state index is -0.770. The minimum Gasteiger partial charge on any atom is -0.373 e. The lowest BCUT2D eigenvalue weighted by Gasteiger charge is -2.36. The van der Waals surface area contributed by atoms with Crippen LogP contribution in [0.25, 0.3) is 0 Å². The number of aromatic nitrogens is 2. The molecule has 3 aliphatic rings. The monoisotopic (exact) mass is 437 g/mol. The Bertz CT molecular complexity index is 1020. The van der Waals surface area contributed by atoms with Crippen molar-refractivity contribution in [3.63, 3.8) is 0 Å². The molecule has 1 aromatic carbocycles. The molecule has 5 rings (SSSR count). The highest BCUT2D eigenvalue weighted by atomic mass is 19.1. The third-order valence-corrected chi connectivity index (χ3v) is 7.58. The topological polar surface area (TPSA) is 61.4 Å².